The normalized spacial score (nSPS) is 11.3. The number of aliphatic hydroxyl groups excluding tert-OH is 1. The molecule has 1 amide bonds. The number of nitrogen functional groups attached to an aromatic ring is 1. The Morgan fingerprint density at radius 2 is 2.00 bits per heavy atom. The molecular formula is C15H23N3O4. The summed E-state index contributed by atoms with van der Waals surface area (Å²) in [7, 11) is 0. The van der Waals surface area contributed by atoms with Crippen molar-refractivity contribution in [3.8, 4) is 0 Å². The molecule has 0 saturated heterocycles. The van der Waals surface area contributed by atoms with Crippen molar-refractivity contribution in [3.05, 3.63) is 33.4 Å². The molecule has 0 aliphatic heterocycles. The van der Waals surface area contributed by atoms with Crippen molar-refractivity contribution in [3.63, 3.8) is 0 Å². The fourth-order valence-corrected chi connectivity index (χ4v) is 2.26. The highest BCUT2D eigenvalue weighted by atomic mass is 16.6. The quantitative estimate of drug-likeness (QED) is 0.404. The number of nitrogens with zero attached hydrogens (tertiary/aromatic N) is 1. The van der Waals surface area contributed by atoms with Gasteiger partial charge in [0.2, 0.25) is 0 Å². The number of hydrogen-bond donors (Lipinski definition) is 3. The second-order valence-electron chi connectivity index (χ2n) is 5.55. The summed E-state index contributed by atoms with van der Waals surface area (Å²) in [6.45, 7) is 5.80. The SMILES string of the molecule is CCC(CC)(CO)CNC(=O)c1cc(C)cc([N+](=O)[O-])c1N. The van der Waals surface area contributed by atoms with Crippen LogP contribution in [0.2, 0.25) is 0 Å². The highest BCUT2D eigenvalue weighted by molar-refractivity contribution is 6.01. The van der Waals surface area contributed by atoms with E-state index in [2.05, 4.69) is 5.32 Å². The first-order chi connectivity index (χ1) is 10.3. The number of nitrogens with two attached hydrogens (primary N) is 1. The molecule has 1 aromatic carbocycles. The number of benzene rings is 1. The summed E-state index contributed by atoms with van der Waals surface area (Å²) in [5, 5.41) is 23.2. The van der Waals surface area contributed by atoms with E-state index in [9.17, 15) is 20.0 Å². The zero-order chi connectivity index (χ0) is 16.9. The van der Waals surface area contributed by atoms with Gasteiger partial charge < -0.3 is 16.2 Å². The summed E-state index contributed by atoms with van der Waals surface area (Å²) in [6, 6.07) is 2.86. The standard InChI is InChI=1S/C15H23N3O4/c1-4-15(5-2,9-19)8-17-14(20)11-6-10(3)7-12(13(11)16)18(21)22/h6-7,19H,4-5,8-9,16H2,1-3H3,(H,17,20). The van der Waals surface area contributed by atoms with Gasteiger partial charge in [-0.3, -0.25) is 14.9 Å². The molecule has 7 heteroatoms. The Morgan fingerprint density at radius 3 is 2.45 bits per heavy atom. The van der Waals surface area contributed by atoms with E-state index in [4.69, 9.17) is 5.73 Å². The fourth-order valence-electron chi connectivity index (χ4n) is 2.26. The van der Waals surface area contributed by atoms with Crippen LogP contribution < -0.4 is 11.1 Å². The topological polar surface area (TPSA) is 118 Å². The maximum atomic E-state index is 12.3. The molecule has 0 aliphatic carbocycles. The smallest absolute Gasteiger partial charge is 0.293 e. The molecule has 4 N–H and O–H groups in total. The number of carbonyl (C=O) groups excluding carboxylic acids is 1. The number of rotatable bonds is 7. The van der Waals surface area contributed by atoms with Crippen molar-refractivity contribution in [1.82, 2.24) is 5.32 Å². The number of nitro benzene ring substituents is 1. The Hall–Kier alpha value is -2.15. The van der Waals surface area contributed by atoms with Crippen LogP contribution >= 0.6 is 0 Å². The van der Waals surface area contributed by atoms with Crippen LogP contribution in [0.5, 0.6) is 0 Å². The van der Waals surface area contributed by atoms with E-state index in [-0.39, 0.29) is 35.5 Å². The average molecular weight is 309 g/mol. The number of nitrogens with one attached hydrogen (secondary N) is 1. The van der Waals surface area contributed by atoms with Crippen LogP contribution in [0.15, 0.2) is 12.1 Å². The van der Waals surface area contributed by atoms with Crippen molar-refractivity contribution in [2.45, 2.75) is 33.6 Å². The second-order valence-corrected chi connectivity index (χ2v) is 5.55. The van der Waals surface area contributed by atoms with E-state index in [1.165, 1.54) is 12.1 Å². The van der Waals surface area contributed by atoms with Gasteiger partial charge in [-0.05, 0) is 31.4 Å². The highest BCUT2D eigenvalue weighted by Crippen LogP contribution is 2.28. The van der Waals surface area contributed by atoms with Gasteiger partial charge in [-0.2, -0.15) is 0 Å². The van der Waals surface area contributed by atoms with Crippen molar-refractivity contribution >= 4 is 17.3 Å². The summed E-state index contributed by atoms with van der Waals surface area (Å²) in [5.74, 6) is -0.468. The average Bonchev–Trinajstić information content (AvgIpc) is 2.50. The van der Waals surface area contributed by atoms with Gasteiger partial charge in [0.1, 0.15) is 5.69 Å². The largest absolute Gasteiger partial charge is 0.396 e. The molecule has 0 saturated carbocycles. The molecule has 1 rings (SSSR count). The lowest BCUT2D eigenvalue weighted by Crippen LogP contribution is -2.39. The summed E-state index contributed by atoms with van der Waals surface area (Å²) in [5.41, 5.74) is 5.61. The molecule has 0 radical (unpaired) electrons. The molecule has 0 unspecified atom stereocenters. The zero-order valence-corrected chi connectivity index (χ0v) is 13.2. The van der Waals surface area contributed by atoms with E-state index in [1.54, 1.807) is 6.92 Å². The van der Waals surface area contributed by atoms with Crippen molar-refractivity contribution in [2.24, 2.45) is 5.41 Å². The summed E-state index contributed by atoms with van der Waals surface area (Å²) in [6.07, 6.45) is 1.42. The second kappa shape index (κ2) is 7.22. The van der Waals surface area contributed by atoms with Gasteiger partial charge in [-0.15, -0.1) is 0 Å². The van der Waals surface area contributed by atoms with E-state index in [1.807, 2.05) is 13.8 Å². The lowest BCUT2D eigenvalue weighted by molar-refractivity contribution is -0.384. The molecule has 7 nitrogen and oxygen atoms in total. The van der Waals surface area contributed by atoms with Crippen LogP contribution in [0.4, 0.5) is 11.4 Å². The number of aliphatic hydroxyl groups is 1. The van der Waals surface area contributed by atoms with E-state index >= 15 is 0 Å². The molecule has 0 aromatic heterocycles. The van der Waals surface area contributed by atoms with Crippen LogP contribution in [-0.4, -0.2) is 29.1 Å². The molecule has 122 valence electrons. The lowest BCUT2D eigenvalue weighted by Gasteiger charge is -2.29. The third kappa shape index (κ3) is 3.73. The van der Waals surface area contributed by atoms with Crippen LogP contribution in [0.1, 0.15) is 42.6 Å². The lowest BCUT2D eigenvalue weighted by atomic mass is 9.83. The van der Waals surface area contributed by atoms with Crippen LogP contribution in [0.25, 0.3) is 0 Å². The number of nitro groups is 1. The monoisotopic (exact) mass is 309 g/mol. The predicted octanol–water partition coefficient (Wildman–Crippen LogP) is 2.01. The Labute approximate surface area is 129 Å². The Kier molecular flexibility index (Phi) is 5.87. The Morgan fingerprint density at radius 1 is 1.41 bits per heavy atom. The fraction of sp³-hybridized carbons (Fsp3) is 0.533. The van der Waals surface area contributed by atoms with Crippen molar-refractivity contribution in [1.29, 1.82) is 0 Å². The predicted molar refractivity (Wildman–Crippen MR) is 84.7 cm³/mol. The number of carbonyl (C=O) groups is 1. The van der Waals surface area contributed by atoms with Crippen LogP contribution in [0.3, 0.4) is 0 Å². The third-order valence-corrected chi connectivity index (χ3v) is 4.20. The maximum absolute atomic E-state index is 12.3. The summed E-state index contributed by atoms with van der Waals surface area (Å²) in [4.78, 5) is 22.7. The summed E-state index contributed by atoms with van der Waals surface area (Å²) < 4.78 is 0. The molecular weight excluding hydrogens is 286 g/mol. The summed E-state index contributed by atoms with van der Waals surface area (Å²) >= 11 is 0. The van der Waals surface area contributed by atoms with Crippen molar-refractivity contribution in [2.75, 3.05) is 18.9 Å². The van der Waals surface area contributed by atoms with Gasteiger partial charge in [-0.1, -0.05) is 13.8 Å². The molecule has 0 spiro atoms. The molecule has 0 aliphatic rings. The minimum atomic E-state index is -0.602. The molecule has 0 atom stereocenters. The van der Waals surface area contributed by atoms with Crippen LogP contribution in [-0.2, 0) is 0 Å². The first-order valence-electron chi connectivity index (χ1n) is 7.23. The maximum Gasteiger partial charge on any atom is 0.293 e. The zero-order valence-electron chi connectivity index (χ0n) is 13.2. The Balaban J connectivity index is 3.02. The molecule has 22 heavy (non-hydrogen) atoms. The van der Waals surface area contributed by atoms with Crippen LogP contribution in [0, 0.1) is 22.5 Å². The van der Waals surface area contributed by atoms with Crippen molar-refractivity contribution < 1.29 is 14.8 Å². The molecule has 1 aromatic rings. The van der Waals surface area contributed by atoms with Gasteiger partial charge in [0, 0.05) is 18.0 Å². The van der Waals surface area contributed by atoms with Gasteiger partial charge in [0.15, 0.2) is 0 Å². The molecule has 0 bridgehead atoms. The first kappa shape index (κ1) is 17.9. The minimum Gasteiger partial charge on any atom is -0.396 e. The van der Waals surface area contributed by atoms with E-state index < -0.39 is 10.8 Å². The highest BCUT2D eigenvalue weighted by Gasteiger charge is 2.27. The number of anilines is 1. The number of aryl methyl sites for hydroxylation is 1. The Bertz CT molecular complexity index is 560. The minimum absolute atomic E-state index is 0.0380. The van der Waals surface area contributed by atoms with Gasteiger partial charge >= 0.3 is 0 Å². The van der Waals surface area contributed by atoms with Gasteiger partial charge in [0.25, 0.3) is 11.6 Å². The number of amides is 1. The van der Waals surface area contributed by atoms with E-state index in [0.717, 1.165) is 0 Å². The molecule has 0 fully saturated rings. The number of hydrogen-bond acceptors (Lipinski definition) is 5. The van der Waals surface area contributed by atoms with Gasteiger partial charge in [0.05, 0.1) is 17.1 Å². The third-order valence-electron chi connectivity index (χ3n) is 4.20. The van der Waals surface area contributed by atoms with Gasteiger partial charge in [-0.25, -0.2) is 0 Å². The van der Waals surface area contributed by atoms with E-state index in [0.29, 0.717) is 18.4 Å². The molecule has 0 heterocycles. The first-order valence-corrected chi connectivity index (χ1v) is 7.23.